The highest BCUT2D eigenvalue weighted by Crippen LogP contribution is 2.33. The summed E-state index contributed by atoms with van der Waals surface area (Å²) in [5, 5.41) is 3.64. The van der Waals surface area contributed by atoms with Gasteiger partial charge < -0.3 is 10.1 Å². The van der Waals surface area contributed by atoms with Crippen LogP contribution in [-0.4, -0.2) is 34.1 Å². The van der Waals surface area contributed by atoms with E-state index in [0.717, 1.165) is 60.7 Å². The highest BCUT2D eigenvalue weighted by atomic mass is 32.1. The van der Waals surface area contributed by atoms with E-state index in [2.05, 4.69) is 10.3 Å². The lowest BCUT2D eigenvalue weighted by atomic mass is 9.81. The number of fused-ring (bicyclic) bond motifs is 3. The number of methoxy groups -OCH3 is 1. The van der Waals surface area contributed by atoms with Gasteiger partial charge in [-0.25, -0.2) is 9.78 Å². The van der Waals surface area contributed by atoms with E-state index >= 15 is 0 Å². The number of aromatic nitrogens is 2. The average Bonchev–Trinajstić information content (AvgIpc) is 3.12. The number of esters is 1. The lowest BCUT2D eigenvalue weighted by Gasteiger charge is -2.35. The summed E-state index contributed by atoms with van der Waals surface area (Å²) >= 11 is 1.62. The van der Waals surface area contributed by atoms with Crippen LogP contribution in [0.15, 0.2) is 11.1 Å². The molecule has 0 radical (unpaired) electrons. The number of nitrogens with zero attached hydrogens (tertiary/aromatic N) is 2. The molecule has 4 rings (SSSR count). The van der Waals surface area contributed by atoms with Crippen molar-refractivity contribution in [3.8, 4) is 0 Å². The topological polar surface area (TPSA) is 90.3 Å². The number of ether oxygens (including phenoxy) is 1. The van der Waals surface area contributed by atoms with Crippen LogP contribution in [0, 0.1) is 0 Å². The van der Waals surface area contributed by atoms with E-state index in [4.69, 9.17) is 4.74 Å². The second kappa shape index (κ2) is 8.26. The predicted octanol–water partition coefficient (Wildman–Crippen LogP) is 2.72. The van der Waals surface area contributed by atoms with E-state index < -0.39 is 5.54 Å². The first-order chi connectivity index (χ1) is 14.0. The van der Waals surface area contributed by atoms with Gasteiger partial charge in [-0.05, 0) is 44.1 Å². The number of amides is 1. The highest BCUT2D eigenvalue weighted by molar-refractivity contribution is 7.18. The minimum absolute atomic E-state index is 0.0671. The Morgan fingerprint density at radius 3 is 2.72 bits per heavy atom. The third kappa shape index (κ3) is 3.82. The molecule has 0 bridgehead atoms. The molecule has 0 aliphatic heterocycles. The third-order valence-corrected chi connectivity index (χ3v) is 7.38. The maximum absolute atomic E-state index is 13.0. The van der Waals surface area contributed by atoms with Crippen LogP contribution in [0.1, 0.15) is 61.8 Å². The normalized spacial score (nSPS) is 18.2. The van der Waals surface area contributed by atoms with Crippen LogP contribution in [-0.2, 0) is 33.7 Å². The third-order valence-electron chi connectivity index (χ3n) is 6.18. The van der Waals surface area contributed by atoms with Gasteiger partial charge in [0, 0.05) is 17.8 Å². The molecule has 2 aliphatic carbocycles. The Kier molecular flexibility index (Phi) is 5.72. The van der Waals surface area contributed by atoms with Crippen molar-refractivity contribution >= 4 is 33.4 Å². The number of hydrogen-bond donors (Lipinski definition) is 1. The van der Waals surface area contributed by atoms with Gasteiger partial charge in [0.05, 0.1) is 18.8 Å². The molecule has 2 aromatic rings. The highest BCUT2D eigenvalue weighted by Gasteiger charge is 2.41. The lowest BCUT2D eigenvalue weighted by Crippen LogP contribution is -2.56. The minimum atomic E-state index is -0.927. The molecule has 1 N–H and O–H groups in total. The van der Waals surface area contributed by atoms with Crippen molar-refractivity contribution in [1.82, 2.24) is 14.9 Å². The molecule has 0 saturated heterocycles. The zero-order valence-electron chi connectivity index (χ0n) is 16.8. The molecule has 0 aromatic carbocycles. The van der Waals surface area contributed by atoms with Crippen molar-refractivity contribution in [2.45, 2.75) is 76.3 Å². The van der Waals surface area contributed by atoms with Crippen molar-refractivity contribution in [1.29, 1.82) is 0 Å². The van der Waals surface area contributed by atoms with Gasteiger partial charge in [-0.15, -0.1) is 11.3 Å². The first-order valence-electron chi connectivity index (χ1n) is 10.4. The molecule has 0 spiro atoms. The van der Waals surface area contributed by atoms with Crippen LogP contribution in [0.4, 0.5) is 0 Å². The number of aryl methyl sites for hydroxylation is 3. The molecule has 1 fully saturated rings. The summed E-state index contributed by atoms with van der Waals surface area (Å²) in [5.41, 5.74) is 0.158. The van der Waals surface area contributed by atoms with Gasteiger partial charge in [-0.3, -0.25) is 14.2 Å². The van der Waals surface area contributed by atoms with E-state index in [1.807, 2.05) is 0 Å². The monoisotopic (exact) mass is 417 g/mol. The van der Waals surface area contributed by atoms with Gasteiger partial charge in [0.15, 0.2) is 0 Å². The lowest BCUT2D eigenvalue weighted by molar-refractivity contribution is -0.152. The maximum Gasteiger partial charge on any atom is 0.331 e. The van der Waals surface area contributed by atoms with E-state index in [-0.39, 0.29) is 30.4 Å². The molecule has 0 atom stereocenters. The van der Waals surface area contributed by atoms with Crippen LogP contribution in [0.25, 0.3) is 10.2 Å². The van der Waals surface area contributed by atoms with E-state index in [1.54, 1.807) is 11.3 Å². The second-order valence-electron chi connectivity index (χ2n) is 8.07. The fourth-order valence-corrected chi connectivity index (χ4v) is 5.84. The molecule has 2 aliphatic rings. The van der Waals surface area contributed by atoms with Crippen molar-refractivity contribution in [2.75, 3.05) is 7.11 Å². The SMILES string of the molecule is COC(=O)C1(NC(=O)CCn2cnc3sc4c(c3c2=O)CCCC4)CCCCC1. The first-order valence-corrected chi connectivity index (χ1v) is 11.2. The summed E-state index contributed by atoms with van der Waals surface area (Å²) in [6, 6.07) is 0. The molecule has 1 amide bonds. The minimum Gasteiger partial charge on any atom is -0.467 e. The molecule has 2 heterocycles. The zero-order chi connectivity index (χ0) is 20.4. The Bertz CT molecular complexity index is 988. The Morgan fingerprint density at radius 1 is 1.21 bits per heavy atom. The fourth-order valence-electron chi connectivity index (χ4n) is 4.62. The van der Waals surface area contributed by atoms with Crippen LogP contribution in [0.2, 0.25) is 0 Å². The molecule has 156 valence electrons. The summed E-state index contributed by atoms with van der Waals surface area (Å²) in [6.07, 6.45) is 9.90. The Hall–Kier alpha value is -2.22. The van der Waals surface area contributed by atoms with Crippen LogP contribution in [0.3, 0.4) is 0 Å². The maximum atomic E-state index is 13.0. The average molecular weight is 418 g/mol. The van der Waals surface area contributed by atoms with Crippen LogP contribution >= 0.6 is 11.3 Å². The van der Waals surface area contributed by atoms with E-state index in [1.165, 1.54) is 22.9 Å². The number of rotatable bonds is 5. The molecule has 8 heteroatoms. The molecular weight excluding hydrogens is 390 g/mol. The van der Waals surface area contributed by atoms with Crippen LogP contribution < -0.4 is 10.9 Å². The van der Waals surface area contributed by atoms with Crippen molar-refractivity contribution in [2.24, 2.45) is 0 Å². The van der Waals surface area contributed by atoms with Crippen molar-refractivity contribution < 1.29 is 14.3 Å². The number of carbonyl (C=O) groups excluding carboxylic acids is 2. The van der Waals surface area contributed by atoms with E-state index in [0.29, 0.717) is 12.8 Å². The smallest absolute Gasteiger partial charge is 0.331 e. The molecule has 2 aromatic heterocycles. The molecule has 7 nitrogen and oxygen atoms in total. The summed E-state index contributed by atoms with van der Waals surface area (Å²) in [7, 11) is 1.35. The summed E-state index contributed by atoms with van der Waals surface area (Å²) in [6.45, 7) is 0.246. The van der Waals surface area contributed by atoms with E-state index in [9.17, 15) is 14.4 Å². The van der Waals surface area contributed by atoms with Gasteiger partial charge in [0.25, 0.3) is 5.56 Å². The summed E-state index contributed by atoms with van der Waals surface area (Å²) in [5.74, 6) is -0.618. The van der Waals surface area contributed by atoms with Gasteiger partial charge in [-0.1, -0.05) is 19.3 Å². The van der Waals surface area contributed by atoms with Gasteiger partial charge >= 0.3 is 5.97 Å². The molecule has 0 unspecified atom stereocenters. The molecule has 29 heavy (non-hydrogen) atoms. The quantitative estimate of drug-likeness (QED) is 0.756. The van der Waals surface area contributed by atoms with Gasteiger partial charge in [-0.2, -0.15) is 0 Å². The number of carbonyl (C=O) groups is 2. The van der Waals surface area contributed by atoms with Gasteiger partial charge in [0.1, 0.15) is 10.4 Å². The second-order valence-corrected chi connectivity index (χ2v) is 9.15. The number of nitrogens with one attached hydrogen (secondary N) is 1. The molecule has 1 saturated carbocycles. The predicted molar refractivity (Wildman–Crippen MR) is 111 cm³/mol. The molecular formula is C21H27N3O4S. The first kappa shape index (κ1) is 20.1. The number of hydrogen-bond acceptors (Lipinski definition) is 6. The Morgan fingerprint density at radius 2 is 1.97 bits per heavy atom. The summed E-state index contributed by atoms with van der Waals surface area (Å²) < 4.78 is 6.47. The van der Waals surface area contributed by atoms with Crippen molar-refractivity contribution in [3.63, 3.8) is 0 Å². The van der Waals surface area contributed by atoms with Crippen molar-refractivity contribution in [3.05, 3.63) is 27.1 Å². The fraction of sp³-hybridized carbons (Fsp3) is 0.619. The standard InChI is InChI=1S/C21H27N3O4S/c1-28-20(27)21(10-5-2-6-11-21)23-16(25)9-12-24-13-22-18-17(19(24)26)14-7-3-4-8-15(14)29-18/h13H,2-12H2,1H3,(H,23,25). The number of thiophene rings is 1. The van der Waals surface area contributed by atoms with Crippen LogP contribution in [0.5, 0.6) is 0 Å². The largest absolute Gasteiger partial charge is 0.467 e. The Labute approximate surface area is 173 Å². The Balaban J connectivity index is 1.49. The van der Waals surface area contributed by atoms with Gasteiger partial charge in [0.2, 0.25) is 5.91 Å². The summed E-state index contributed by atoms with van der Waals surface area (Å²) in [4.78, 5) is 44.5. The zero-order valence-corrected chi connectivity index (χ0v) is 17.6.